The highest BCUT2D eigenvalue weighted by atomic mass is 35.5. The molecule has 2 aromatic carbocycles. The largest absolute Gasteiger partial charge is 0.486 e. The second-order valence-corrected chi connectivity index (χ2v) is 5.87. The number of aromatic nitrogens is 3. The van der Waals surface area contributed by atoms with E-state index in [0.29, 0.717) is 15.6 Å². The highest BCUT2D eigenvalue weighted by molar-refractivity contribution is 7.71. The van der Waals surface area contributed by atoms with Crippen molar-refractivity contribution in [3.8, 4) is 5.75 Å². The molecule has 0 unspecified atom stereocenters. The normalized spacial score (nSPS) is 11.8. The second-order valence-electron chi connectivity index (χ2n) is 5.04. The zero-order chi connectivity index (χ0) is 17.5. The topological polar surface area (TPSA) is 55.2 Å². The lowest BCUT2D eigenvalue weighted by Crippen LogP contribution is -2.04. The van der Waals surface area contributed by atoms with Gasteiger partial charge in [0.05, 0.1) is 11.2 Å². The third-order valence-electron chi connectivity index (χ3n) is 3.23. The number of halogens is 1. The van der Waals surface area contributed by atoms with Crippen LogP contribution in [0.1, 0.15) is 11.4 Å². The summed E-state index contributed by atoms with van der Waals surface area (Å²) in [6, 6.07) is 19.2. The number of ether oxygens (including phenoxy) is 1. The Hall–Kier alpha value is -2.70. The highest BCUT2D eigenvalue weighted by Crippen LogP contribution is 2.12. The van der Waals surface area contributed by atoms with Crippen LogP contribution in [0.5, 0.6) is 5.75 Å². The molecule has 7 heteroatoms. The molecule has 0 fully saturated rings. The molecule has 0 radical (unpaired) electrons. The van der Waals surface area contributed by atoms with Gasteiger partial charge in [-0.2, -0.15) is 14.9 Å². The van der Waals surface area contributed by atoms with Gasteiger partial charge in [0.25, 0.3) is 0 Å². The van der Waals surface area contributed by atoms with Crippen molar-refractivity contribution in [3.63, 3.8) is 0 Å². The quantitative estimate of drug-likeness (QED) is 0.508. The van der Waals surface area contributed by atoms with Gasteiger partial charge in [-0.15, -0.1) is 0 Å². The number of rotatable bonds is 6. The van der Waals surface area contributed by atoms with Crippen molar-refractivity contribution < 1.29 is 4.74 Å². The van der Waals surface area contributed by atoms with E-state index in [1.54, 1.807) is 0 Å². The summed E-state index contributed by atoms with van der Waals surface area (Å²) in [7, 11) is 0. The van der Waals surface area contributed by atoms with Gasteiger partial charge in [-0.25, -0.2) is 5.10 Å². The molecule has 1 N–H and O–H groups in total. The summed E-state index contributed by atoms with van der Waals surface area (Å²) in [5, 5.41) is 11.6. The Balaban J connectivity index is 1.73. The van der Waals surface area contributed by atoms with Crippen molar-refractivity contribution in [1.82, 2.24) is 14.9 Å². The molecule has 0 aliphatic heterocycles. The van der Waals surface area contributed by atoms with Crippen LogP contribution >= 0.6 is 23.8 Å². The van der Waals surface area contributed by atoms with Crippen molar-refractivity contribution in [1.29, 1.82) is 0 Å². The van der Waals surface area contributed by atoms with Gasteiger partial charge in [0.2, 0.25) is 4.77 Å². The van der Waals surface area contributed by atoms with Crippen molar-refractivity contribution in [2.75, 3.05) is 0 Å². The first-order valence-corrected chi connectivity index (χ1v) is 8.32. The number of allylic oxidation sites excluding steroid dienone is 1. The first-order chi connectivity index (χ1) is 12.2. The van der Waals surface area contributed by atoms with E-state index in [1.807, 2.05) is 66.7 Å². The summed E-state index contributed by atoms with van der Waals surface area (Å²) in [6.07, 6.45) is 3.33. The molecule has 0 saturated heterocycles. The number of hydrogen-bond donors (Lipinski definition) is 1. The molecular weight excluding hydrogens is 356 g/mol. The summed E-state index contributed by atoms with van der Waals surface area (Å²) in [5.41, 5.74) is 0.988. The second kappa shape index (κ2) is 8.41. The first kappa shape index (κ1) is 17.1. The molecule has 0 bridgehead atoms. The van der Waals surface area contributed by atoms with Gasteiger partial charge in [0.1, 0.15) is 12.4 Å². The molecule has 0 spiro atoms. The lowest BCUT2D eigenvalue weighted by atomic mass is 10.2. The summed E-state index contributed by atoms with van der Waals surface area (Å²) < 4.78 is 7.53. The number of nitrogens with one attached hydrogen (secondary N) is 1. The number of para-hydroxylation sites is 1. The predicted molar refractivity (Wildman–Crippen MR) is 102 cm³/mol. The molecular formula is C18H15ClN4OS. The fraction of sp³-hybridized carbons (Fsp3) is 0.0556. The minimum absolute atomic E-state index is 0.231. The standard InChI is InChI=1S/C18H15ClN4OS/c19-15(11-14-7-3-1-4-8-14)12-20-23-17(21-22-18(23)25)13-24-16-9-5-2-6-10-16/h1-12H,13H2,(H,22,25)/b15-11-,20-12?. The van der Waals surface area contributed by atoms with E-state index in [1.165, 1.54) is 10.9 Å². The van der Waals surface area contributed by atoms with E-state index < -0.39 is 0 Å². The predicted octanol–water partition coefficient (Wildman–Crippen LogP) is 4.63. The average molecular weight is 371 g/mol. The molecule has 0 aliphatic carbocycles. The zero-order valence-corrected chi connectivity index (χ0v) is 14.7. The third-order valence-corrected chi connectivity index (χ3v) is 3.70. The summed E-state index contributed by atoms with van der Waals surface area (Å²) >= 11 is 11.4. The van der Waals surface area contributed by atoms with Crippen LogP contribution in [0.2, 0.25) is 0 Å². The Kier molecular flexibility index (Phi) is 5.77. The number of H-pyrrole nitrogens is 1. The maximum Gasteiger partial charge on any atom is 0.216 e. The van der Waals surface area contributed by atoms with Crippen molar-refractivity contribution in [2.45, 2.75) is 6.61 Å². The fourth-order valence-corrected chi connectivity index (χ4v) is 2.43. The van der Waals surface area contributed by atoms with Gasteiger partial charge in [-0.1, -0.05) is 60.1 Å². The van der Waals surface area contributed by atoms with Crippen LogP contribution in [-0.2, 0) is 6.61 Å². The molecule has 0 aliphatic rings. The fourth-order valence-electron chi connectivity index (χ4n) is 2.06. The van der Waals surface area contributed by atoms with Gasteiger partial charge in [-0.05, 0) is 36.0 Å². The molecule has 126 valence electrons. The van der Waals surface area contributed by atoms with Gasteiger partial charge >= 0.3 is 0 Å². The molecule has 3 aromatic rings. The first-order valence-electron chi connectivity index (χ1n) is 7.53. The van der Waals surface area contributed by atoms with E-state index in [4.69, 9.17) is 28.6 Å². The van der Waals surface area contributed by atoms with Crippen LogP contribution in [0.15, 0.2) is 70.8 Å². The molecule has 0 amide bonds. The van der Waals surface area contributed by atoms with Gasteiger partial charge in [0.15, 0.2) is 5.82 Å². The molecule has 1 heterocycles. The van der Waals surface area contributed by atoms with Crippen LogP contribution in [0, 0.1) is 4.77 Å². The van der Waals surface area contributed by atoms with E-state index in [9.17, 15) is 0 Å². The lowest BCUT2D eigenvalue weighted by Gasteiger charge is -2.04. The SMILES string of the molecule is S=c1[nH]nc(COc2ccccc2)n1N=C/C(Cl)=C/c1ccccc1. The van der Waals surface area contributed by atoms with Gasteiger partial charge in [-0.3, -0.25) is 0 Å². The van der Waals surface area contributed by atoms with Crippen LogP contribution in [0.3, 0.4) is 0 Å². The van der Waals surface area contributed by atoms with Gasteiger partial charge < -0.3 is 4.74 Å². The molecule has 3 rings (SSSR count). The summed E-state index contributed by atoms with van der Waals surface area (Å²) in [4.78, 5) is 0. The van der Waals surface area contributed by atoms with Crippen molar-refractivity contribution in [3.05, 3.63) is 81.9 Å². The van der Waals surface area contributed by atoms with Crippen LogP contribution < -0.4 is 4.74 Å². The summed E-state index contributed by atoms with van der Waals surface area (Å²) in [6.45, 7) is 0.231. The maximum atomic E-state index is 6.21. The Morgan fingerprint density at radius 1 is 1.16 bits per heavy atom. The van der Waals surface area contributed by atoms with Crippen LogP contribution in [-0.4, -0.2) is 21.1 Å². The van der Waals surface area contributed by atoms with Crippen LogP contribution in [0.4, 0.5) is 0 Å². The van der Waals surface area contributed by atoms with E-state index in [-0.39, 0.29) is 6.61 Å². The van der Waals surface area contributed by atoms with E-state index in [0.717, 1.165) is 11.3 Å². The summed E-state index contributed by atoms with van der Waals surface area (Å²) in [5.74, 6) is 1.29. The number of benzene rings is 2. The monoisotopic (exact) mass is 370 g/mol. The number of hydrogen-bond acceptors (Lipinski definition) is 4. The average Bonchev–Trinajstić information content (AvgIpc) is 3.00. The molecule has 25 heavy (non-hydrogen) atoms. The van der Waals surface area contributed by atoms with Crippen LogP contribution in [0.25, 0.3) is 6.08 Å². The Morgan fingerprint density at radius 3 is 2.56 bits per heavy atom. The third kappa shape index (κ3) is 4.89. The Morgan fingerprint density at radius 2 is 1.84 bits per heavy atom. The zero-order valence-electron chi connectivity index (χ0n) is 13.2. The lowest BCUT2D eigenvalue weighted by molar-refractivity contribution is 0.290. The molecule has 5 nitrogen and oxygen atoms in total. The van der Waals surface area contributed by atoms with Crippen molar-refractivity contribution in [2.24, 2.45) is 5.10 Å². The minimum atomic E-state index is 0.231. The highest BCUT2D eigenvalue weighted by Gasteiger charge is 2.06. The van der Waals surface area contributed by atoms with Gasteiger partial charge in [0, 0.05) is 0 Å². The Bertz CT molecular complexity index is 932. The smallest absolute Gasteiger partial charge is 0.216 e. The van der Waals surface area contributed by atoms with Crippen molar-refractivity contribution >= 4 is 36.1 Å². The molecule has 1 aromatic heterocycles. The number of aromatic amines is 1. The Labute approximate surface area is 155 Å². The maximum absolute atomic E-state index is 6.21. The van der Waals surface area contributed by atoms with E-state index >= 15 is 0 Å². The minimum Gasteiger partial charge on any atom is -0.486 e. The molecule has 0 atom stereocenters. The molecule has 0 saturated carbocycles. The van der Waals surface area contributed by atoms with E-state index in [2.05, 4.69) is 15.3 Å². The number of nitrogens with zero attached hydrogens (tertiary/aromatic N) is 3.